The molecule has 1 unspecified atom stereocenters. The van der Waals surface area contributed by atoms with Crippen LogP contribution in [0.3, 0.4) is 0 Å². The van der Waals surface area contributed by atoms with Gasteiger partial charge < -0.3 is 15.0 Å². The predicted octanol–water partition coefficient (Wildman–Crippen LogP) is 3.45. The number of aromatic amines is 1. The van der Waals surface area contributed by atoms with Crippen molar-refractivity contribution in [3.05, 3.63) is 89.6 Å². The zero-order valence-electron chi connectivity index (χ0n) is 15.0. The fourth-order valence-electron chi connectivity index (χ4n) is 3.83. The van der Waals surface area contributed by atoms with Crippen molar-refractivity contribution in [2.75, 3.05) is 6.54 Å². The third kappa shape index (κ3) is 2.79. The highest BCUT2D eigenvalue weighted by molar-refractivity contribution is 5.95. The maximum absolute atomic E-state index is 13.2. The maximum Gasteiger partial charge on any atom is 0.272 e. The Hall–Kier alpha value is -3.67. The number of hydrogen-bond acceptors (Lipinski definition) is 4. The zero-order valence-corrected chi connectivity index (χ0v) is 15.0. The smallest absolute Gasteiger partial charge is 0.272 e. The van der Waals surface area contributed by atoms with E-state index in [1.807, 2.05) is 42.5 Å². The van der Waals surface area contributed by atoms with Gasteiger partial charge in [-0.05, 0) is 29.8 Å². The van der Waals surface area contributed by atoms with Gasteiger partial charge in [0.1, 0.15) is 11.4 Å². The first-order valence-corrected chi connectivity index (χ1v) is 9.15. The van der Waals surface area contributed by atoms with E-state index in [2.05, 4.69) is 15.0 Å². The molecule has 6 heteroatoms. The lowest BCUT2D eigenvalue weighted by Gasteiger charge is -2.32. The molecule has 0 saturated heterocycles. The number of carbonyl (C=O) groups is 1. The Labute approximate surface area is 161 Å². The highest BCUT2D eigenvalue weighted by Crippen LogP contribution is 2.33. The van der Waals surface area contributed by atoms with Crippen LogP contribution in [0.25, 0.3) is 10.9 Å². The molecule has 0 saturated carbocycles. The van der Waals surface area contributed by atoms with Crippen LogP contribution in [0.4, 0.5) is 0 Å². The van der Waals surface area contributed by atoms with Gasteiger partial charge in [-0.15, -0.1) is 0 Å². The Bertz CT molecular complexity index is 1180. The van der Waals surface area contributed by atoms with E-state index in [1.165, 1.54) is 0 Å². The second-order valence-electron chi connectivity index (χ2n) is 6.99. The molecule has 0 aliphatic carbocycles. The minimum absolute atomic E-state index is 0.105. The molecule has 1 atom stereocenters. The average molecular weight is 370 g/mol. The Kier molecular flexibility index (Phi) is 3.83. The standard InChI is InChI=1S/C22H18N4O2/c27-16-6-3-5-15(10-16)17-11-26(12-20-21(17)24-13-23-20)22(28)19-9-8-14-4-1-2-7-18(14)25-19/h1-10,13,17,27H,11-12H2,(H,23,24). The van der Waals surface area contributed by atoms with Crippen molar-refractivity contribution in [3.63, 3.8) is 0 Å². The number of aromatic hydroxyl groups is 1. The predicted molar refractivity (Wildman–Crippen MR) is 105 cm³/mol. The molecule has 5 rings (SSSR count). The van der Waals surface area contributed by atoms with E-state index >= 15 is 0 Å². The summed E-state index contributed by atoms with van der Waals surface area (Å²) < 4.78 is 0. The minimum atomic E-state index is -0.115. The van der Waals surface area contributed by atoms with Crippen LogP contribution in [-0.2, 0) is 6.54 Å². The molecule has 1 aliphatic rings. The number of hydrogen-bond donors (Lipinski definition) is 2. The lowest BCUT2D eigenvalue weighted by atomic mass is 9.90. The summed E-state index contributed by atoms with van der Waals surface area (Å²) in [7, 11) is 0. The Morgan fingerprint density at radius 2 is 2.00 bits per heavy atom. The number of benzene rings is 2. The van der Waals surface area contributed by atoms with Gasteiger partial charge in [-0.3, -0.25) is 4.79 Å². The van der Waals surface area contributed by atoms with E-state index in [1.54, 1.807) is 29.4 Å². The zero-order chi connectivity index (χ0) is 19.1. The largest absolute Gasteiger partial charge is 0.508 e. The van der Waals surface area contributed by atoms with Crippen LogP contribution in [0.1, 0.15) is 33.4 Å². The second-order valence-corrected chi connectivity index (χ2v) is 6.99. The summed E-state index contributed by atoms with van der Waals surface area (Å²) >= 11 is 0. The number of pyridine rings is 1. The van der Waals surface area contributed by atoms with E-state index < -0.39 is 0 Å². The lowest BCUT2D eigenvalue weighted by molar-refractivity contribution is 0.0716. The van der Waals surface area contributed by atoms with Gasteiger partial charge in [-0.25, -0.2) is 9.97 Å². The Morgan fingerprint density at radius 3 is 2.89 bits per heavy atom. The van der Waals surface area contributed by atoms with Crippen LogP contribution in [0.15, 0.2) is 67.0 Å². The summed E-state index contributed by atoms with van der Waals surface area (Å²) in [6.07, 6.45) is 1.66. The maximum atomic E-state index is 13.2. The molecule has 0 bridgehead atoms. The fourth-order valence-corrected chi connectivity index (χ4v) is 3.83. The number of nitrogens with one attached hydrogen (secondary N) is 1. The van der Waals surface area contributed by atoms with E-state index in [9.17, 15) is 9.90 Å². The van der Waals surface area contributed by atoms with Crippen LogP contribution in [0, 0.1) is 0 Å². The third-order valence-corrected chi connectivity index (χ3v) is 5.21. The molecule has 3 heterocycles. The number of para-hydroxylation sites is 1. The fraction of sp³-hybridized carbons (Fsp3) is 0.136. The van der Waals surface area contributed by atoms with E-state index in [0.29, 0.717) is 18.8 Å². The van der Waals surface area contributed by atoms with Crippen LogP contribution >= 0.6 is 0 Å². The van der Waals surface area contributed by atoms with Crippen molar-refractivity contribution >= 4 is 16.8 Å². The molecular weight excluding hydrogens is 352 g/mol. The van der Waals surface area contributed by atoms with E-state index in [-0.39, 0.29) is 17.6 Å². The van der Waals surface area contributed by atoms with Crippen molar-refractivity contribution in [1.29, 1.82) is 0 Å². The molecule has 0 radical (unpaired) electrons. The van der Waals surface area contributed by atoms with Gasteiger partial charge in [-0.1, -0.05) is 36.4 Å². The van der Waals surface area contributed by atoms with Crippen molar-refractivity contribution in [1.82, 2.24) is 19.9 Å². The van der Waals surface area contributed by atoms with E-state index in [0.717, 1.165) is 27.9 Å². The number of imidazole rings is 1. The third-order valence-electron chi connectivity index (χ3n) is 5.21. The van der Waals surface area contributed by atoms with Crippen molar-refractivity contribution in [2.24, 2.45) is 0 Å². The number of H-pyrrole nitrogens is 1. The summed E-state index contributed by atoms with van der Waals surface area (Å²) in [5, 5.41) is 10.9. The number of phenols is 1. The van der Waals surface area contributed by atoms with Gasteiger partial charge in [0.25, 0.3) is 5.91 Å². The molecule has 138 valence electrons. The summed E-state index contributed by atoms with van der Waals surface area (Å²) in [6, 6.07) is 18.6. The first-order valence-electron chi connectivity index (χ1n) is 9.15. The van der Waals surface area contributed by atoms with Crippen molar-refractivity contribution < 1.29 is 9.90 Å². The van der Waals surface area contributed by atoms with Crippen molar-refractivity contribution in [2.45, 2.75) is 12.5 Å². The van der Waals surface area contributed by atoms with Crippen LogP contribution in [0.2, 0.25) is 0 Å². The summed E-state index contributed by atoms with van der Waals surface area (Å²) in [5.74, 6) is -0.0168. The van der Waals surface area contributed by atoms with Crippen LogP contribution < -0.4 is 0 Å². The molecular formula is C22H18N4O2. The molecule has 2 N–H and O–H groups in total. The highest BCUT2D eigenvalue weighted by atomic mass is 16.3. The van der Waals surface area contributed by atoms with Gasteiger partial charge in [0.05, 0.1) is 29.8 Å². The minimum Gasteiger partial charge on any atom is -0.508 e. The van der Waals surface area contributed by atoms with Gasteiger partial charge in [0, 0.05) is 17.8 Å². The number of aromatic nitrogens is 3. The number of fused-ring (bicyclic) bond motifs is 2. The molecule has 28 heavy (non-hydrogen) atoms. The molecule has 1 aliphatic heterocycles. The molecule has 2 aromatic heterocycles. The molecule has 0 fully saturated rings. The van der Waals surface area contributed by atoms with Gasteiger partial charge in [0.2, 0.25) is 0 Å². The van der Waals surface area contributed by atoms with Crippen LogP contribution in [0.5, 0.6) is 5.75 Å². The Morgan fingerprint density at radius 1 is 1.11 bits per heavy atom. The topological polar surface area (TPSA) is 82.1 Å². The monoisotopic (exact) mass is 370 g/mol. The Balaban J connectivity index is 1.51. The number of carbonyl (C=O) groups excluding carboxylic acids is 1. The highest BCUT2D eigenvalue weighted by Gasteiger charge is 2.32. The molecule has 1 amide bonds. The van der Waals surface area contributed by atoms with Crippen molar-refractivity contribution in [3.8, 4) is 5.75 Å². The quantitative estimate of drug-likeness (QED) is 0.566. The van der Waals surface area contributed by atoms with Crippen LogP contribution in [-0.4, -0.2) is 37.4 Å². The molecule has 2 aromatic carbocycles. The number of phenolic OH excluding ortho intramolecular Hbond substituents is 1. The van der Waals surface area contributed by atoms with E-state index in [4.69, 9.17) is 0 Å². The molecule has 6 nitrogen and oxygen atoms in total. The summed E-state index contributed by atoms with van der Waals surface area (Å²) in [6.45, 7) is 0.937. The lowest BCUT2D eigenvalue weighted by Crippen LogP contribution is -2.39. The first kappa shape index (κ1) is 16.5. The number of rotatable bonds is 2. The normalized spacial score (nSPS) is 16.1. The molecule has 4 aromatic rings. The van der Waals surface area contributed by atoms with Gasteiger partial charge in [-0.2, -0.15) is 0 Å². The number of nitrogens with zero attached hydrogens (tertiary/aromatic N) is 3. The second kappa shape index (κ2) is 6.49. The SMILES string of the molecule is O=C(c1ccc2ccccc2n1)N1Cc2[nH]cnc2C(c2cccc(O)c2)C1. The average Bonchev–Trinajstić information content (AvgIpc) is 3.21. The first-order chi connectivity index (χ1) is 13.7. The molecule has 0 spiro atoms. The summed E-state index contributed by atoms with van der Waals surface area (Å²) in [4.78, 5) is 27.1. The number of amides is 1. The van der Waals surface area contributed by atoms with Gasteiger partial charge in [0.15, 0.2) is 0 Å². The summed E-state index contributed by atoms with van der Waals surface area (Å²) in [5.41, 5.74) is 3.99. The van der Waals surface area contributed by atoms with Gasteiger partial charge >= 0.3 is 0 Å².